The summed E-state index contributed by atoms with van der Waals surface area (Å²) >= 11 is 1.69. The number of aromatic hydroxyl groups is 1. The number of piperidine rings is 1. The molecule has 2 spiro atoms. The number of phenolic OH excluding ortho intramolecular Hbond substituents is 1. The zero-order valence-electron chi connectivity index (χ0n) is 18.5. The molecule has 9 rings (SSSR count). The number of ether oxygens (including phenoxy) is 1. The Hall–Kier alpha value is -1.63. The molecule has 5 fully saturated rings. The molecule has 5 nitrogen and oxygen atoms in total. The molecule has 4 aliphatic heterocycles. The molecule has 0 radical (unpaired) electrons. The van der Waals surface area contributed by atoms with E-state index < -0.39 is 0 Å². The first kappa shape index (κ1) is 18.8. The number of benzene rings is 1. The molecule has 3 aliphatic carbocycles. The number of phenols is 1. The second-order valence-electron chi connectivity index (χ2n) is 11.3. The lowest BCUT2D eigenvalue weighted by molar-refractivity contribution is -0.131. The number of thiazole rings is 1. The predicted octanol–water partition coefficient (Wildman–Crippen LogP) is 3.94. The summed E-state index contributed by atoms with van der Waals surface area (Å²) in [5, 5.41) is 13.1. The summed E-state index contributed by atoms with van der Waals surface area (Å²) in [5.41, 5.74) is 6.34. The van der Waals surface area contributed by atoms with Gasteiger partial charge in [-0.25, -0.2) is 4.98 Å². The first-order chi connectivity index (χ1) is 15.7. The minimum absolute atomic E-state index is 0.0686. The molecule has 0 amide bonds. The molecular weight excluding hydrogens is 418 g/mol. The fourth-order valence-electron chi connectivity index (χ4n) is 8.79. The van der Waals surface area contributed by atoms with Gasteiger partial charge in [-0.2, -0.15) is 0 Å². The molecule has 6 heteroatoms. The van der Waals surface area contributed by atoms with Crippen LogP contribution in [-0.4, -0.2) is 57.7 Å². The van der Waals surface area contributed by atoms with Crippen molar-refractivity contribution in [3.63, 3.8) is 0 Å². The second-order valence-corrected chi connectivity index (χ2v) is 12.0. The molecular formula is C26H31N3O2S. The van der Waals surface area contributed by atoms with Gasteiger partial charge < -0.3 is 9.84 Å². The van der Waals surface area contributed by atoms with Crippen LogP contribution >= 0.6 is 11.3 Å². The van der Waals surface area contributed by atoms with Crippen molar-refractivity contribution in [3.8, 4) is 11.5 Å². The number of nitrogens with zero attached hydrogens (tertiary/aromatic N) is 3. The van der Waals surface area contributed by atoms with Crippen LogP contribution in [0.4, 0.5) is 0 Å². The minimum Gasteiger partial charge on any atom is -0.504 e. The highest BCUT2D eigenvalue weighted by atomic mass is 32.1. The Labute approximate surface area is 193 Å². The molecule has 7 aliphatic rings. The molecule has 3 saturated heterocycles. The van der Waals surface area contributed by atoms with E-state index in [1.165, 1.54) is 68.4 Å². The molecule has 1 aromatic carbocycles. The van der Waals surface area contributed by atoms with Gasteiger partial charge in [-0.15, -0.1) is 11.3 Å². The fraction of sp³-hybridized carbons (Fsp3) is 0.654. The summed E-state index contributed by atoms with van der Waals surface area (Å²) in [4.78, 5) is 10.2. The average Bonchev–Trinajstić information content (AvgIpc) is 3.41. The second kappa shape index (κ2) is 6.28. The van der Waals surface area contributed by atoms with E-state index in [1.54, 1.807) is 11.3 Å². The van der Waals surface area contributed by atoms with Crippen molar-refractivity contribution in [2.75, 3.05) is 19.6 Å². The van der Waals surface area contributed by atoms with Crippen LogP contribution < -0.4 is 4.74 Å². The van der Waals surface area contributed by atoms with Crippen molar-refractivity contribution in [2.45, 2.75) is 75.1 Å². The highest BCUT2D eigenvalue weighted by Crippen LogP contribution is 2.71. The molecule has 0 unspecified atom stereocenters. The predicted molar refractivity (Wildman–Crippen MR) is 123 cm³/mol. The summed E-state index contributed by atoms with van der Waals surface area (Å²) in [6.45, 7) is 4.54. The van der Waals surface area contributed by atoms with E-state index >= 15 is 0 Å². The van der Waals surface area contributed by atoms with Crippen LogP contribution in [0.15, 0.2) is 23.0 Å². The average molecular weight is 450 g/mol. The highest BCUT2D eigenvalue weighted by Gasteiger charge is 2.74. The molecule has 168 valence electrons. The SMILES string of the molecule is Oc1ccc2c3c1O[C@H]1[C@H]4CC[C@@]5(CCN4Cc4cscn4)[C@@H](C2)N(CC2CC2)CC[C@]315. The number of rotatable bonds is 4. The van der Waals surface area contributed by atoms with E-state index in [1.807, 2.05) is 11.6 Å². The first-order valence-electron chi connectivity index (χ1n) is 12.6. The standard InChI is InChI=1S/C26H31N3O2S/c30-20-4-3-17-11-21-25-6-5-19(28(9-7-25)13-18-14-32-15-27-18)24-26(25,22(17)23(20)31-24)8-10-29(21)12-16-1-2-16/h3-4,14-16,19,21,24,30H,1-2,5-13H2/t19-,21-,24+,25-,26+/m1/s1. The van der Waals surface area contributed by atoms with Crippen molar-refractivity contribution >= 4 is 11.3 Å². The minimum atomic E-state index is 0.0686. The molecule has 32 heavy (non-hydrogen) atoms. The van der Waals surface area contributed by atoms with Gasteiger partial charge in [-0.3, -0.25) is 9.80 Å². The maximum absolute atomic E-state index is 10.9. The Balaban J connectivity index is 1.30. The molecule has 1 N–H and O–H groups in total. The summed E-state index contributed by atoms with van der Waals surface area (Å²) < 4.78 is 6.87. The lowest BCUT2D eigenvalue weighted by Crippen LogP contribution is -2.72. The Bertz CT molecular complexity index is 1080. The van der Waals surface area contributed by atoms with Crippen molar-refractivity contribution in [1.82, 2.24) is 14.8 Å². The quantitative estimate of drug-likeness (QED) is 0.766. The van der Waals surface area contributed by atoms with Gasteiger partial charge >= 0.3 is 0 Å². The van der Waals surface area contributed by atoms with Gasteiger partial charge in [0.05, 0.1) is 11.2 Å². The van der Waals surface area contributed by atoms with Crippen LogP contribution in [0, 0.1) is 11.3 Å². The Morgan fingerprint density at radius 1 is 1.12 bits per heavy atom. The maximum atomic E-state index is 10.9. The van der Waals surface area contributed by atoms with E-state index in [2.05, 4.69) is 26.2 Å². The van der Waals surface area contributed by atoms with Crippen molar-refractivity contribution in [3.05, 3.63) is 39.8 Å². The van der Waals surface area contributed by atoms with Gasteiger partial charge in [-0.05, 0) is 75.6 Å². The largest absolute Gasteiger partial charge is 0.504 e. The summed E-state index contributed by atoms with van der Waals surface area (Å²) in [6.07, 6.45) is 9.06. The molecule has 2 aromatic rings. The molecule has 5 atom stereocenters. The van der Waals surface area contributed by atoms with Gasteiger partial charge in [0.15, 0.2) is 11.5 Å². The smallest absolute Gasteiger partial charge is 0.165 e. The monoisotopic (exact) mass is 449 g/mol. The van der Waals surface area contributed by atoms with Crippen molar-refractivity contribution in [1.29, 1.82) is 0 Å². The van der Waals surface area contributed by atoms with E-state index in [0.717, 1.165) is 31.2 Å². The number of aromatic nitrogens is 1. The topological polar surface area (TPSA) is 48.8 Å². The van der Waals surface area contributed by atoms with E-state index in [-0.39, 0.29) is 16.9 Å². The summed E-state index contributed by atoms with van der Waals surface area (Å²) in [7, 11) is 0. The third kappa shape index (κ3) is 2.20. The van der Waals surface area contributed by atoms with Crippen molar-refractivity contribution in [2.24, 2.45) is 11.3 Å². The number of hydrogen-bond acceptors (Lipinski definition) is 6. The zero-order valence-corrected chi connectivity index (χ0v) is 19.3. The van der Waals surface area contributed by atoms with Crippen LogP contribution in [0.3, 0.4) is 0 Å². The normalized spacial score (nSPS) is 39.6. The van der Waals surface area contributed by atoms with E-state index in [4.69, 9.17) is 4.74 Å². The van der Waals surface area contributed by atoms with Gasteiger partial charge in [-0.1, -0.05) is 6.07 Å². The van der Waals surface area contributed by atoms with Crippen LogP contribution in [0.5, 0.6) is 11.5 Å². The van der Waals surface area contributed by atoms with Gasteiger partial charge in [0, 0.05) is 46.9 Å². The van der Waals surface area contributed by atoms with Crippen LogP contribution in [0.25, 0.3) is 0 Å². The van der Waals surface area contributed by atoms with Gasteiger partial charge in [0.25, 0.3) is 0 Å². The Morgan fingerprint density at radius 3 is 2.88 bits per heavy atom. The lowest BCUT2D eigenvalue weighted by atomic mass is 9.42. The number of fused-ring (bicyclic) bond motifs is 3. The number of hydrogen-bond donors (Lipinski definition) is 1. The Morgan fingerprint density at radius 2 is 2.03 bits per heavy atom. The Kier molecular flexibility index (Phi) is 3.68. The third-order valence-electron chi connectivity index (χ3n) is 10.2. The van der Waals surface area contributed by atoms with Crippen LogP contribution in [-0.2, 0) is 18.4 Å². The molecule has 1 aromatic heterocycles. The lowest BCUT2D eigenvalue weighted by Gasteiger charge is -2.66. The van der Waals surface area contributed by atoms with Crippen LogP contribution in [0.2, 0.25) is 0 Å². The fourth-order valence-corrected chi connectivity index (χ4v) is 9.34. The molecule has 4 bridgehead atoms. The highest BCUT2D eigenvalue weighted by molar-refractivity contribution is 7.07. The van der Waals surface area contributed by atoms with Crippen LogP contribution in [0.1, 0.15) is 55.3 Å². The van der Waals surface area contributed by atoms with Crippen molar-refractivity contribution < 1.29 is 9.84 Å². The summed E-state index contributed by atoms with van der Waals surface area (Å²) in [5.74, 6) is 2.11. The zero-order chi connectivity index (χ0) is 21.1. The molecule has 5 heterocycles. The molecule has 2 saturated carbocycles. The maximum Gasteiger partial charge on any atom is 0.165 e. The van der Waals surface area contributed by atoms with Gasteiger partial charge in [0.1, 0.15) is 6.10 Å². The summed E-state index contributed by atoms with van der Waals surface area (Å²) in [6, 6.07) is 5.13. The van der Waals surface area contributed by atoms with E-state index in [0.29, 0.717) is 17.8 Å². The van der Waals surface area contributed by atoms with E-state index in [9.17, 15) is 5.11 Å². The number of likely N-dealkylation sites (tertiary alicyclic amines) is 1. The first-order valence-corrected chi connectivity index (χ1v) is 13.5. The third-order valence-corrected chi connectivity index (χ3v) is 10.8. The van der Waals surface area contributed by atoms with Gasteiger partial charge in [0.2, 0.25) is 0 Å².